The van der Waals surface area contributed by atoms with E-state index < -0.39 is 24.8 Å². The molecule has 0 aliphatic rings. The van der Waals surface area contributed by atoms with Gasteiger partial charge in [-0.3, -0.25) is 0 Å². The smallest absolute Gasteiger partial charge is 0.331 e. The lowest BCUT2D eigenvalue weighted by molar-refractivity contribution is -0.377. The first-order valence-corrected chi connectivity index (χ1v) is 6.56. The Morgan fingerprint density at radius 3 is 1.74 bits per heavy atom. The Kier molecular flexibility index (Phi) is 7.51. The summed E-state index contributed by atoms with van der Waals surface area (Å²) in [6.45, 7) is 3.28. The van der Waals surface area contributed by atoms with E-state index >= 15 is 0 Å². The van der Waals surface area contributed by atoms with Crippen LogP contribution in [0.15, 0.2) is 12.7 Å². The van der Waals surface area contributed by atoms with Gasteiger partial charge in [0.05, 0.1) is 0 Å². The first kappa shape index (κ1) is 18.3. The van der Waals surface area contributed by atoms with E-state index in [1.165, 1.54) is 35.5 Å². The first-order chi connectivity index (χ1) is 8.90. The van der Waals surface area contributed by atoms with Crippen LogP contribution in [0.3, 0.4) is 0 Å². The van der Waals surface area contributed by atoms with E-state index in [0.29, 0.717) is 0 Å². The van der Waals surface area contributed by atoms with Gasteiger partial charge in [0.2, 0.25) is 0 Å². The lowest BCUT2D eigenvalue weighted by atomic mass is 10.3. The molecule has 0 aliphatic heterocycles. The molecule has 0 radical (unpaired) electrons. The molecule has 0 saturated heterocycles. The number of carbonyl (C=O) groups excluding carboxylic acids is 1. The molecule has 1 unspecified atom stereocenters. The maximum Gasteiger partial charge on any atom is 0.485 e. The second-order valence-corrected chi connectivity index (χ2v) is 5.14. The van der Waals surface area contributed by atoms with E-state index in [1.807, 2.05) is 0 Å². The molecule has 0 saturated carbocycles. The van der Waals surface area contributed by atoms with Gasteiger partial charge in [0.15, 0.2) is 0 Å². The SMILES string of the molecule is C=CC(=O)[P+](=O)C(CC(OC)(OC)OC)(OC)OC. The Bertz CT molecular complexity index is 326. The van der Waals surface area contributed by atoms with Crippen LogP contribution in [0.4, 0.5) is 0 Å². The predicted molar refractivity (Wildman–Crippen MR) is 67.9 cm³/mol. The quantitative estimate of drug-likeness (QED) is 0.343. The van der Waals surface area contributed by atoms with E-state index in [-0.39, 0.29) is 6.42 Å². The monoisotopic (exact) mass is 295 g/mol. The first-order valence-electron chi connectivity index (χ1n) is 5.30. The molecule has 0 aromatic rings. The van der Waals surface area contributed by atoms with Crippen molar-refractivity contribution in [1.29, 1.82) is 0 Å². The molecule has 1 atom stereocenters. The largest absolute Gasteiger partial charge is 0.485 e. The zero-order valence-corrected chi connectivity index (χ0v) is 12.7. The van der Waals surface area contributed by atoms with Crippen LogP contribution in [0.1, 0.15) is 6.42 Å². The number of hydrogen-bond donors (Lipinski definition) is 0. The third-order valence-corrected chi connectivity index (χ3v) is 4.42. The van der Waals surface area contributed by atoms with Gasteiger partial charge in [0.1, 0.15) is 6.42 Å². The predicted octanol–water partition coefficient (Wildman–Crippen LogP) is 1.46. The number of allylic oxidation sites excluding steroid dienone is 1. The van der Waals surface area contributed by atoms with Crippen molar-refractivity contribution in [2.24, 2.45) is 0 Å². The van der Waals surface area contributed by atoms with Crippen LogP contribution in [0, 0.1) is 0 Å². The highest BCUT2D eigenvalue weighted by atomic mass is 31.1. The average Bonchev–Trinajstić information content (AvgIpc) is 2.48. The highest BCUT2D eigenvalue weighted by Crippen LogP contribution is 2.47. The molecule has 0 fully saturated rings. The lowest BCUT2D eigenvalue weighted by Gasteiger charge is -2.32. The molecule has 0 heterocycles. The van der Waals surface area contributed by atoms with E-state index in [2.05, 4.69) is 6.58 Å². The average molecular weight is 295 g/mol. The Morgan fingerprint density at radius 1 is 1.05 bits per heavy atom. The Labute approximate surface area is 113 Å². The summed E-state index contributed by atoms with van der Waals surface area (Å²) in [4.78, 5) is 11.5. The summed E-state index contributed by atoms with van der Waals surface area (Å²) in [5, 5.41) is 0. The molecular formula is C11H20O7P+. The van der Waals surface area contributed by atoms with Crippen LogP contribution < -0.4 is 0 Å². The van der Waals surface area contributed by atoms with Gasteiger partial charge in [0.25, 0.3) is 5.97 Å². The number of rotatable bonds is 10. The molecule has 0 spiro atoms. The summed E-state index contributed by atoms with van der Waals surface area (Å²) in [5.41, 5.74) is -2.43. The van der Waals surface area contributed by atoms with Crippen LogP contribution >= 0.6 is 7.80 Å². The van der Waals surface area contributed by atoms with Gasteiger partial charge in [-0.05, 0) is 0 Å². The minimum Gasteiger partial charge on any atom is -0.331 e. The standard InChI is InChI=1S/C11H20O7P/c1-7-9(12)19(13)11(17-5,18-6)8-10(14-2,15-3)16-4/h7H,1,8H2,2-6H3/q+1. The normalized spacial score (nSPS) is 13.2. The van der Waals surface area contributed by atoms with Crippen molar-refractivity contribution >= 4 is 13.3 Å². The highest BCUT2D eigenvalue weighted by molar-refractivity contribution is 7.65. The number of ether oxygens (including phenoxy) is 5. The summed E-state index contributed by atoms with van der Waals surface area (Å²) in [7, 11) is 3.98. The number of hydrogen-bond acceptors (Lipinski definition) is 7. The number of methoxy groups -OCH3 is 5. The fourth-order valence-electron chi connectivity index (χ4n) is 1.46. The van der Waals surface area contributed by atoms with Crippen LogP contribution in [0.25, 0.3) is 0 Å². The molecule has 0 amide bonds. The van der Waals surface area contributed by atoms with E-state index in [0.717, 1.165) is 6.08 Å². The molecular weight excluding hydrogens is 275 g/mol. The number of carbonyl (C=O) groups is 1. The van der Waals surface area contributed by atoms with Gasteiger partial charge in [-0.2, -0.15) is 0 Å². The highest BCUT2D eigenvalue weighted by Gasteiger charge is 2.60. The summed E-state index contributed by atoms with van der Waals surface area (Å²) >= 11 is 0. The molecule has 8 heteroatoms. The van der Waals surface area contributed by atoms with Gasteiger partial charge >= 0.3 is 18.9 Å². The van der Waals surface area contributed by atoms with Crippen molar-refractivity contribution in [3.8, 4) is 0 Å². The summed E-state index contributed by atoms with van der Waals surface area (Å²) in [5.74, 6) is -1.54. The molecule has 7 nitrogen and oxygen atoms in total. The fourth-order valence-corrected chi connectivity index (χ4v) is 2.63. The zero-order chi connectivity index (χ0) is 15.1. The van der Waals surface area contributed by atoms with Crippen molar-refractivity contribution in [1.82, 2.24) is 0 Å². The van der Waals surface area contributed by atoms with Gasteiger partial charge in [-0.1, -0.05) is 11.1 Å². The second kappa shape index (κ2) is 7.79. The molecule has 0 aromatic heterocycles. The van der Waals surface area contributed by atoms with Crippen LogP contribution in [0.5, 0.6) is 0 Å². The Morgan fingerprint density at radius 2 is 1.47 bits per heavy atom. The molecule has 110 valence electrons. The molecule has 19 heavy (non-hydrogen) atoms. The minimum atomic E-state index is -2.56. The Hall–Kier alpha value is -0.690. The van der Waals surface area contributed by atoms with Crippen LogP contribution in [-0.4, -0.2) is 52.6 Å². The lowest BCUT2D eigenvalue weighted by Crippen LogP contribution is -2.46. The van der Waals surface area contributed by atoms with E-state index in [9.17, 15) is 9.36 Å². The van der Waals surface area contributed by atoms with Gasteiger partial charge < -0.3 is 23.7 Å². The fraction of sp³-hybridized carbons (Fsp3) is 0.727. The van der Waals surface area contributed by atoms with Crippen molar-refractivity contribution in [3.63, 3.8) is 0 Å². The second-order valence-electron chi connectivity index (χ2n) is 3.43. The molecule has 0 bridgehead atoms. The van der Waals surface area contributed by atoms with Crippen molar-refractivity contribution in [2.45, 2.75) is 17.9 Å². The van der Waals surface area contributed by atoms with Gasteiger partial charge in [-0.25, -0.2) is 4.79 Å². The van der Waals surface area contributed by atoms with Crippen molar-refractivity contribution < 1.29 is 33.0 Å². The molecule has 0 rings (SSSR count). The summed E-state index contributed by atoms with van der Waals surface area (Å²) < 4.78 is 37.7. The Balaban J connectivity index is 5.47. The molecule has 0 aliphatic carbocycles. The molecule has 0 aromatic carbocycles. The van der Waals surface area contributed by atoms with Gasteiger partial charge in [0, 0.05) is 41.6 Å². The maximum absolute atomic E-state index is 12.2. The molecule has 0 N–H and O–H groups in total. The summed E-state index contributed by atoms with van der Waals surface area (Å²) in [6, 6.07) is 0. The van der Waals surface area contributed by atoms with E-state index in [1.54, 1.807) is 0 Å². The zero-order valence-electron chi connectivity index (χ0n) is 11.8. The third kappa shape index (κ3) is 3.89. The van der Waals surface area contributed by atoms with Crippen LogP contribution in [-0.2, 0) is 33.0 Å². The topological polar surface area (TPSA) is 80.3 Å². The van der Waals surface area contributed by atoms with Gasteiger partial charge in [-0.15, -0.1) is 0 Å². The maximum atomic E-state index is 12.2. The van der Waals surface area contributed by atoms with Crippen molar-refractivity contribution in [3.05, 3.63) is 12.7 Å². The van der Waals surface area contributed by atoms with Crippen molar-refractivity contribution in [2.75, 3.05) is 35.5 Å². The minimum absolute atomic E-state index is 0.231. The van der Waals surface area contributed by atoms with E-state index in [4.69, 9.17) is 23.7 Å². The third-order valence-electron chi connectivity index (χ3n) is 2.70. The summed E-state index contributed by atoms with van der Waals surface area (Å²) in [6.07, 6.45) is 0.713. The van der Waals surface area contributed by atoms with Crippen LogP contribution in [0.2, 0.25) is 0 Å².